The number of methoxy groups -OCH3 is 1. The molecular weight excluding hydrogens is 356 g/mol. The first-order valence-electron chi connectivity index (χ1n) is 9.63. The van der Waals surface area contributed by atoms with E-state index in [0.29, 0.717) is 19.5 Å². The van der Waals surface area contributed by atoms with Gasteiger partial charge >= 0.3 is 5.97 Å². The van der Waals surface area contributed by atoms with Gasteiger partial charge in [-0.2, -0.15) is 0 Å². The number of aromatic nitrogens is 2. The number of hydrogen-bond donors (Lipinski definition) is 0. The Labute approximate surface area is 164 Å². The summed E-state index contributed by atoms with van der Waals surface area (Å²) < 4.78 is 7.05. The molecule has 0 radical (unpaired) electrons. The first-order chi connectivity index (χ1) is 13.5. The normalized spacial score (nSPS) is 25.0. The number of esters is 1. The molecule has 3 heterocycles. The SMILES string of the molecule is COC(=O)[C@H]1C[C@H]2CN(Cc3cn(C)c(C)n3)CC(=O)N2[C@H]1c1ccccc1. The van der Waals surface area contributed by atoms with Gasteiger partial charge in [0.2, 0.25) is 5.91 Å². The lowest BCUT2D eigenvalue weighted by atomic mass is 9.93. The van der Waals surface area contributed by atoms with Crippen LogP contribution < -0.4 is 0 Å². The van der Waals surface area contributed by atoms with Gasteiger partial charge < -0.3 is 14.2 Å². The summed E-state index contributed by atoms with van der Waals surface area (Å²) in [5.74, 6) is 0.432. The van der Waals surface area contributed by atoms with Gasteiger partial charge in [0.25, 0.3) is 0 Å². The number of piperazine rings is 1. The number of carbonyl (C=O) groups excluding carboxylic acids is 2. The summed E-state index contributed by atoms with van der Waals surface area (Å²) in [5, 5.41) is 0. The number of ether oxygens (including phenoxy) is 1. The zero-order valence-electron chi connectivity index (χ0n) is 16.5. The quantitative estimate of drug-likeness (QED) is 0.753. The van der Waals surface area contributed by atoms with Crippen LogP contribution in [0, 0.1) is 12.8 Å². The third-order valence-corrected chi connectivity index (χ3v) is 5.91. The number of benzene rings is 1. The molecule has 2 aliphatic rings. The van der Waals surface area contributed by atoms with Crippen molar-refractivity contribution < 1.29 is 14.3 Å². The molecule has 7 nitrogen and oxygen atoms in total. The Morgan fingerprint density at radius 2 is 2.04 bits per heavy atom. The van der Waals surface area contributed by atoms with Gasteiger partial charge in [-0.05, 0) is 18.9 Å². The highest BCUT2D eigenvalue weighted by Gasteiger charge is 2.50. The van der Waals surface area contributed by atoms with Crippen LogP contribution in [0.25, 0.3) is 0 Å². The molecule has 2 aromatic rings. The highest BCUT2D eigenvalue weighted by molar-refractivity contribution is 5.83. The fraction of sp³-hybridized carbons (Fsp3) is 0.476. The van der Waals surface area contributed by atoms with Gasteiger partial charge in [-0.1, -0.05) is 30.3 Å². The Morgan fingerprint density at radius 1 is 1.29 bits per heavy atom. The zero-order chi connectivity index (χ0) is 19.8. The second-order valence-electron chi connectivity index (χ2n) is 7.74. The highest BCUT2D eigenvalue weighted by atomic mass is 16.5. The molecule has 7 heteroatoms. The minimum absolute atomic E-state index is 0.000338. The van der Waals surface area contributed by atoms with E-state index in [4.69, 9.17) is 4.74 Å². The van der Waals surface area contributed by atoms with E-state index in [-0.39, 0.29) is 29.9 Å². The highest BCUT2D eigenvalue weighted by Crippen LogP contribution is 2.43. The molecule has 0 saturated carbocycles. The maximum atomic E-state index is 13.1. The first-order valence-corrected chi connectivity index (χ1v) is 9.63. The van der Waals surface area contributed by atoms with Gasteiger partial charge in [-0.15, -0.1) is 0 Å². The Bertz CT molecular complexity index is 860. The third kappa shape index (κ3) is 3.30. The number of nitrogens with zero attached hydrogens (tertiary/aromatic N) is 4. The molecule has 1 aromatic carbocycles. The van der Waals surface area contributed by atoms with Crippen LogP contribution in [0.4, 0.5) is 0 Å². The van der Waals surface area contributed by atoms with Crippen molar-refractivity contribution in [2.24, 2.45) is 13.0 Å². The van der Waals surface area contributed by atoms with Crippen LogP contribution in [-0.2, 0) is 27.9 Å². The van der Waals surface area contributed by atoms with Gasteiger partial charge in [0, 0.05) is 32.4 Å². The first kappa shape index (κ1) is 18.7. The molecule has 0 spiro atoms. The van der Waals surface area contributed by atoms with Crippen molar-refractivity contribution in [1.82, 2.24) is 19.4 Å². The molecule has 0 bridgehead atoms. The van der Waals surface area contributed by atoms with Crippen LogP contribution in [0.15, 0.2) is 36.5 Å². The average Bonchev–Trinajstić information content (AvgIpc) is 3.22. The molecule has 1 amide bonds. The number of fused-ring (bicyclic) bond motifs is 1. The summed E-state index contributed by atoms with van der Waals surface area (Å²) in [4.78, 5) is 34.2. The lowest BCUT2D eigenvalue weighted by Gasteiger charge is -2.39. The van der Waals surface area contributed by atoms with E-state index in [1.165, 1.54) is 7.11 Å². The van der Waals surface area contributed by atoms with Crippen LogP contribution in [-0.4, -0.2) is 57.5 Å². The van der Waals surface area contributed by atoms with E-state index in [1.54, 1.807) is 0 Å². The molecule has 1 aromatic heterocycles. The monoisotopic (exact) mass is 382 g/mol. The second kappa shape index (κ2) is 7.39. The molecule has 0 N–H and O–H groups in total. The van der Waals surface area contributed by atoms with Gasteiger partial charge in [0.1, 0.15) is 5.82 Å². The van der Waals surface area contributed by atoms with Crippen LogP contribution in [0.2, 0.25) is 0 Å². The lowest BCUT2D eigenvalue weighted by Crippen LogP contribution is -2.54. The summed E-state index contributed by atoms with van der Waals surface area (Å²) in [6.07, 6.45) is 2.63. The number of hydrogen-bond acceptors (Lipinski definition) is 5. The summed E-state index contributed by atoms with van der Waals surface area (Å²) in [7, 11) is 3.39. The Hall–Kier alpha value is -2.67. The van der Waals surface area contributed by atoms with E-state index in [9.17, 15) is 9.59 Å². The average molecular weight is 382 g/mol. The summed E-state index contributed by atoms with van der Waals surface area (Å²) in [6.45, 7) is 3.67. The molecule has 2 aliphatic heterocycles. The summed E-state index contributed by atoms with van der Waals surface area (Å²) in [5.41, 5.74) is 1.95. The van der Waals surface area contributed by atoms with Crippen LogP contribution >= 0.6 is 0 Å². The molecule has 28 heavy (non-hydrogen) atoms. The number of carbonyl (C=O) groups is 2. The topological polar surface area (TPSA) is 67.7 Å². The van der Waals surface area contributed by atoms with E-state index in [0.717, 1.165) is 23.6 Å². The predicted molar refractivity (Wildman–Crippen MR) is 103 cm³/mol. The molecule has 4 rings (SSSR count). The maximum Gasteiger partial charge on any atom is 0.311 e. The molecule has 0 aliphatic carbocycles. The van der Waals surface area contributed by atoms with Crippen molar-refractivity contribution in [3.8, 4) is 0 Å². The maximum absolute atomic E-state index is 13.1. The number of aryl methyl sites for hydroxylation is 2. The second-order valence-corrected chi connectivity index (χ2v) is 7.74. The van der Waals surface area contributed by atoms with Gasteiger partial charge in [0.15, 0.2) is 0 Å². The predicted octanol–water partition coefficient (Wildman–Crippen LogP) is 1.68. The molecule has 0 unspecified atom stereocenters. The fourth-order valence-corrected chi connectivity index (χ4v) is 4.59. The molecule has 2 saturated heterocycles. The van der Waals surface area contributed by atoms with Crippen molar-refractivity contribution in [3.05, 3.63) is 53.6 Å². The van der Waals surface area contributed by atoms with Crippen LogP contribution in [0.5, 0.6) is 0 Å². The van der Waals surface area contributed by atoms with Crippen molar-refractivity contribution in [2.45, 2.75) is 32.0 Å². The zero-order valence-corrected chi connectivity index (χ0v) is 16.5. The van der Waals surface area contributed by atoms with Crippen LogP contribution in [0.3, 0.4) is 0 Å². The van der Waals surface area contributed by atoms with Crippen molar-refractivity contribution >= 4 is 11.9 Å². The van der Waals surface area contributed by atoms with Crippen molar-refractivity contribution in [3.63, 3.8) is 0 Å². The Kier molecular flexibility index (Phi) is 4.93. The fourth-order valence-electron chi connectivity index (χ4n) is 4.59. The lowest BCUT2D eigenvalue weighted by molar-refractivity contribution is -0.147. The largest absolute Gasteiger partial charge is 0.469 e. The third-order valence-electron chi connectivity index (χ3n) is 5.91. The molecular formula is C21H26N4O3. The minimum atomic E-state index is -0.335. The Balaban J connectivity index is 1.58. The minimum Gasteiger partial charge on any atom is -0.469 e. The van der Waals surface area contributed by atoms with E-state index in [1.807, 2.05) is 60.0 Å². The standard InChI is InChI=1S/C21H26N4O3/c1-14-22-16(10-23(14)2)11-24-12-17-9-18(21(27)28-3)20(25(17)19(26)13-24)15-7-5-4-6-8-15/h4-8,10,17-18,20H,9,11-13H2,1-3H3/t17-,18-,20-/m0/s1. The smallest absolute Gasteiger partial charge is 0.311 e. The van der Waals surface area contributed by atoms with Crippen molar-refractivity contribution in [1.29, 1.82) is 0 Å². The molecule has 2 fully saturated rings. The van der Waals surface area contributed by atoms with E-state index < -0.39 is 0 Å². The Morgan fingerprint density at radius 3 is 2.68 bits per heavy atom. The molecule has 148 valence electrons. The van der Waals surface area contributed by atoms with E-state index >= 15 is 0 Å². The summed E-state index contributed by atoms with van der Waals surface area (Å²) >= 11 is 0. The number of imidazole rings is 1. The number of amides is 1. The van der Waals surface area contributed by atoms with Gasteiger partial charge in [-0.3, -0.25) is 14.5 Å². The van der Waals surface area contributed by atoms with E-state index in [2.05, 4.69) is 9.88 Å². The number of rotatable bonds is 4. The van der Waals surface area contributed by atoms with Gasteiger partial charge in [0.05, 0.1) is 31.3 Å². The van der Waals surface area contributed by atoms with Crippen LogP contribution in [0.1, 0.15) is 29.5 Å². The molecule has 3 atom stereocenters. The van der Waals surface area contributed by atoms with Gasteiger partial charge in [-0.25, -0.2) is 4.98 Å². The van der Waals surface area contributed by atoms with Crippen molar-refractivity contribution in [2.75, 3.05) is 20.2 Å². The summed E-state index contributed by atoms with van der Waals surface area (Å²) in [6, 6.07) is 9.55.